The number of anilines is 1. The van der Waals surface area contributed by atoms with Crippen LogP contribution in [0.3, 0.4) is 0 Å². The summed E-state index contributed by atoms with van der Waals surface area (Å²) < 4.78 is 3.66. The number of aromatic nitrogens is 6. The third-order valence-electron chi connectivity index (χ3n) is 4.75. The molecule has 1 amide bonds. The number of hydrogen-bond donors (Lipinski definition) is 1. The van der Waals surface area contributed by atoms with Crippen molar-refractivity contribution < 1.29 is 4.79 Å². The molecule has 4 heterocycles. The highest BCUT2D eigenvalue weighted by molar-refractivity contribution is 7.99. The number of pyridine rings is 1. The van der Waals surface area contributed by atoms with Crippen LogP contribution in [0.1, 0.15) is 38.2 Å². The summed E-state index contributed by atoms with van der Waals surface area (Å²) in [6.07, 6.45) is 5.73. The van der Waals surface area contributed by atoms with Crippen LogP contribution >= 0.6 is 11.8 Å². The molecular formula is C19H19N7OS. The van der Waals surface area contributed by atoms with E-state index < -0.39 is 0 Å². The van der Waals surface area contributed by atoms with E-state index in [0.29, 0.717) is 17.4 Å². The maximum absolute atomic E-state index is 11.9. The van der Waals surface area contributed by atoms with Gasteiger partial charge in [-0.3, -0.25) is 9.20 Å². The van der Waals surface area contributed by atoms with Crippen molar-refractivity contribution in [2.75, 3.05) is 5.32 Å². The number of hydrogen-bond acceptors (Lipinski definition) is 6. The first-order chi connectivity index (χ1) is 13.6. The highest BCUT2D eigenvalue weighted by Gasteiger charge is 2.30. The van der Waals surface area contributed by atoms with Crippen molar-refractivity contribution in [3.05, 3.63) is 42.2 Å². The number of imidazole rings is 1. The standard InChI is InChI=1S/C19H19N7OS/c1-11(2)13-5-6-16-22-23-19(25(16)9-13)28-17-8-7-15-20-14(10-26(15)24-17)21-18(27)12-3-4-12/h5-12H,3-4H2,1-2H3,(H,21,27). The van der Waals surface area contributed by atoms with Crippen molar-refractivity contribution in [3.8, 4) is 0 Å². The summed E-state index contributed by atoms with van der Waals surface area (Å²) in [4.78, 5) is 16.3. The lowest BCUT2D eigenvalue weighted by molar-refractivity contribution is -0.117. The topological polar surface area (TPSA) is 89.5 Å². The molecule has 4 aromatic heterocycles. The quantitative estimate of drug-likeness (QED) is 0.559. The Hall–Kier alpha value is -2.94. The van der Waals surface area contributed by atoms with Gasteiger partial charge in [0.05, 0.1) is 6.20 Å². The lowest BCUT2D eigenvalue weighted by Gasteiger charge is -2.06. The van der Waals surface area contributed by atoms with Gasteiger partial charge in [0.15, 0.2) is 17.1 Å². The minimum absolute atomic E-state index is 0.0360. The molecule has 0 saturated heterocycles. The van der Waals surface area contributed by atoms with Crippen molar-refractivity contribution in [1.29, 1.82) is 0 Å². The van der Waals surface area contributed by atoms with Crippen molar-refractivity contribution in [3.63, 3.8) is 0 Å². The summed E-state index contributed by atoms with van der Waals surface area (Å²) in [5, 5.41) is 17.5. The van der Waals surface area contributed by atoms with Crippen molar-refractivity contribution in [1.82, 2.24) is 29.2 Å². The maximum Gasteiger partial charge on any atom is 0.228 e. The summed E-state index contributed by atoms with van der Waals surface area (Å²) in [6, 6.07) is 7.84. The van der Waals surface area contributed by atoms with Gasteiger partial charge in [-0.05, 0) is 54.3 Å². The fourth-order valence-corrected chi connectivity index (χ4v) is 3.72. The first-order valence-electron chi connectivity index (χ1n) is 9.26. The molecule has 0 bridgehead atoms. The van der Waals surface area contributed by atoms with E-state index in [1.54, 1.807) is 10.7 Å². The van der Waals surface area contributed by atoms with E-state index in [2.05, 4.69) is 51.7 Å². The summed E-state index contributed by atoms with van der Waals surface area (Å²) >= 11 is 1.44. The van der Waals surface area contributed by atoms with Crippen molar-refractivity contribution in [2.45, 2.75) is 42.8 Å². The zero-order chi connectivity index (χ0) is 19.3. The fourth-order valence-electron chi connectivity index (χ4n) is 2.94. The summed E-state index contributed by atoms with van der Waals surface area (Å²) in [6.45, 7) is 4.32. The molecular weight excluding hydrogens is 374 g/mol. The van der Waals surface area contributed by atoms with Crippen LogP contribution in [-0.2, 0) is 4.79 Å². The predicted molar refractivity (Wildman–Crippen MR) is 106 cm³/mol. The molecule has 4 aromatic rings. The van der Waals surface area contributed by atoms with Crippen LogP contribution in [0.15, 0.2) is 46.8 Å². The number of fused-ring (bicyclic) bond motifs is 2. The second-order valence-corrected chi connectivity index (χ2v) is 8.28. The van der Waals surface area contributed by atoms with Crippen molar-refractivity contribution in [2.24, 2.45) is 5.92 Å². The van der Waals surface area contributed by atoms with Gasteiger partial charge in [0.25, 0.3) is 0 Å². The minimum atomic E-state index is 0.0360. The Balaban J connectivity index is 1.42. The van der Waals surface area contributed by atoms with E-state index in [-0.39, 0.29) is 11.8 Å². The summed E-state index contributed by atoms with van der Waals surface area (Å²) in [7, 11) is 0. The number of rotatable bonds is 5. The number of nitrogens with one attached hydrogen (secondary N) is 1. The Kier molecular flexibility index (Phi) is 4.04. The molecule has 0 atom stereocenters. The maximum atomic E-state index is 11.9. The molecule has 0 aromatic carbocycles. The second kappa shape index (κ2) is 6.59. The molecule has 0 unspecified atom stereocenters. The van der Waals surface area contributed by atoms with Gasteiger partial charge in [0.1, 0.15) is 5.03 Å². The van der Waals surface area contributed by atoms with Crippen LogP contribution in [0.25, 0.3) is 11.3 Å². The largest absolute Gasteiger partial charge is 0.309 e. The Labute approximate surface area is 165 Å². The second-order valence-electron chi connectivity index (χ2n) is 7.29. The van der Waals surface area contributed by atoms with Crippen LogP contribution in [0.4, 0.5) is 5.82 Å². The van der Waals surface area contributed by atoms with Crippen molar-refractivity contribution >= 4 is 34.8 Å². The molecule has 1 aliphatic carbocycles. The molecule has 28 heavy (non-hydrogen) atoms. The average molecular weight is 393 g/mol. The molecule has 142 valence electrons. The molecule has 1 N–H and O–H groups in total. The zero-order valence-corrected chi connectivity index (χ0v) is 16.3. The van der Waals surface area contributed by atoms with E-state index in [1.165, 1.54) is 17.3 Å². The summed E-state index contributed by atoms with van der Waals surface area (Å²) in [5.41, 5.74) is 2.72. The Bertz CT molecular complexity index is 1190. The van der Waals surface area contributed by atoms with Gasteiger partial charge in [0, 0.05) is 12.1 Å². The molecule has 0 spiro atoms. The van der Waals surface area contributed by atoms with Crippen LogP contribution in [0.2, 0.25) is 0 Å². The molecule has 1 aliphatic rings. The third-order valence-corrected chi connectivity index (χ3v) is 5.64. The van der Waals surface area contributed by atoms with Crippen LogP contribution in [0, 0.1) is 5.92 Å². The van der Waals surface area contributed by atoms with Gasteiger partial charge in [-0.25, -0.2) is 9.50 Å². The molecule has 5 rings (SSSR count). The van der Waals surface area contributed by atoms with E-state index >= 15 is 0 Å². The molecule has 8 nitrogen and oxygen atoms in total. The molecule has 1 saturated carbocycles. The summed E-state index contributed by atoms with van der Waals surface area (Å²) in [5.74, 6) is 1.13. The number of carbonyl (C=O) groups is 1. The normalized spacial score (nSPS) is 14.2. The smallest absolute Gasteiger partial charge is 0.228 e. The fraction of sp³-hybridized carbons (Fsp3) is 0.316. The average Bonchev–Trinajstić information content (AvgIpc) is 3.35. The monoisotopic (exact) mass is 393 g/mol. The number of nitrogens with zero attached hydrogens (tertiary/aromatic N) is 6. The van der Waals surface area contributed by atoms with Crippen LogP contribution in [0.5, 0.6) is 0 Å². The molecule has 0 aliphatic heterocycles. The first-order valence-corrected chi connectivity index (χ1v) is 10.1. The number of amides is 1. The van der Waals surface area contributed by atoms with E-state index in [1.807, 2.05) is 22.6 Å². The number of carbonyl (C=O) groups excluding carboxylic acids is 1. The zero-order valence-electron chi connectivity index (χ0n) is 15.5. The lowest BCUT2D eigenvalue weighted by Crippen LogP contribution is -2.13. The molecule has 9 heteroatoms. The van der Waals surface area contributed by atoms with Gasteiger partial charge in [-0.15, -0.1) is 10.2 Å². The highest BCUT2D eigenvalue weighted by Crippen LogP contribution is 2.30. The van der Waals surface area contributed by atoms with Gasteiger partial charge >= 0.3 is 0 Å². The lowest BCUT2D eigenvalue weighted by atomic mass is 10.1. The van der Waals surface area contributed by atoms with E-state index in [4.69, 9.17) is 0 Å². The van der Waals surface area contributed by atoms with E-state index in [0.717, 1.165) is 28.7 Å². The molecule has 0 radical (unpaired) electrons. The Morgan fingerprint density at radius 3 is 2.75 bits per heavy atom. The van der Waals surface area contributed by atoms with Gasteiger partial charge < -0.3 is 5.32 Å². The van der Waals surface area contributed by atoms with Crippen LogP contribution in [-0.4, -0.2) is 35.1 Å². The molecule has 1 fully saturated rings. The predicted octanol–water partition coefficient (Wildman–Crippen LogP) is 3.40. The van der Waals surface area contributed by atoms with Gasteiger partial charge in [-0.2, -0.15) is 5.10 Å². The van der Waals surface area contributed by atoms with Gasteiger partial charge in [-0.1, -0.05) is 19.9 Å². The Morgan fingerprint density at radius 2 is 1.96 bits per heavy atom. The SMILES string of the molecule is CC(C)c1ccc2nnc(Sc3ccc4nc(NC(=O)C5CC5)cn4n3)n2c1. The third kappa shape index (κ3) is 3.22. The van der Waals surface area contributed by atoms with Gasteiger partial charge in [0.2, 0.25) is 11.1 Å². The first kappa shape index (κ1) is 17.2. The highest BCUT2D eigenvalue weighted by atomic mass is 32.2. The van der Waals surface area contributed by atoms with E-state index in [9.17, 15) is 4.79 Å². The van der Waals surface area contributed by atoms with Crippen LogP contribution < -0.4 is 5.32 Å². The Morgan fingerprint density at radius 1 is 1.14 bits per heavy atom. The minimum Gasteiger partial charge on any atom is -0.309 e.